The Morgan fingerprint density at radius 1 is 1.22 bits per heavy atom. The summed E-state index contributed by atoms with van der Waals surface area (Å²) in [4.78, 5) is 38.6. The van der Waals surface area contributed by atoms with Crippen molar-refractivity contribution in [3.8, 4) is 0 Å². The third-order valence-electron chi connectivity index (χ3n) is 4.92. The van der Waals surface area contributed by atoms with E-state index in [4.69, 9.17) is 40.2 Å². The van der Waals surface area contributed by atoms with Gasteiger partial charge in [-0.1, -0.05) is 29.9 Å². The molecule has 7 nitrogen and oxygen atoms in total. The fourth-order valence-corrected chi connectivity index (χ4v) is 3.85. The van der Waals surface area contributed by atoms with E-state index < -0.39 is 12.2 Å². The van der Waals surface area contributed by atoms with Gasteiger partial charge in [0.25, 0.3) is 5.91 Å². The highest BCUT2D eigenvalue weighted by atomic mass is 35.5. The molecular formula is C22H23Cl2N3O4S. The molecule has 1 aromatic carbocycles. The van der Waals surface area contributed by atoms with E-state index in [1.54, 1.807) is 30.3 Å². The maximum Gasteiger partial charge on any atom is 0.414 e. The number of thiocarbonyl (C=S) groups is 1. The highest BCUT2D eigenvalue weighted by molar-refractivity contribution is 7.81. The molecule has 1 atom stereocenters. The minimum atomic E-state index is -0.503. The summed E-state index contributed by atoms with van der Waals surface area (Å²) in [6, 6.07) is 6.92. The van der Waals surface area contributed by atoms with Crippen LogP contribution in [0.3, 0.4) is 0 Å². The number of hydrogen-bond donors (Lipinski definition) is 2. The quantitative estimate of drug-likeness (QED) is 0.303. The number of halogens is 2. The Bertz CT molecular complexity index is 962. The number of anilines is 2. The minimum Gasteiger partial charge on any atom is -0.442 e. The van der Waals surface area contributed by atoms with Gasteiger partial charge < -0.3 is 15.4 Å². The van der Waals surface area contributed by atoms with E-state index >= 15 is 0 Å². The highest BCUT2D eigenvalue weighted by Crippen LogP contribution is 2.24. The zero-order valence-electron chi connectivity index (χ0n) is 17.2. The lowest BCUT2D eigenvalue weighted by atomic mass is 10.0. The van der Waals surface area contributed by atoms with E-state index in [0.29, 0.717) is 45.6 Å². The molecule has 0 bridgehead atoms. The first kappa shape index (κ1) is 24.2. The number of alkyl halides is 1. The summed E-state index contributed by atoms with van der Waals surface area (Å²) in [7, 11) is 0. The van der Waals surface area contributed by atoms with Gasteiger partial charge in [-0.05, 0) is 43.2 Å². The molecule has 170 valence electrons. The molecule has 0 aromatic heterocycles. The van der Waals surface area contributed by atoms with Crippen molar-refractivity contribution in [2.75, 3.05) is 29.2 Å². The highest BCUT2D eigenvalue weighted by Gasteiger charge is 2.33. The number of amides is 3. The van der Waals surface area contributed by atoms with Crippen molar-refractivity contribution in [2.24, 2.45) is 0 Å². The van der Waals surface area contributed by atoms with Crippen LogP contribution in [0.2, 0.25) is 0 Å². The third kappa shape index (κ3) is 6.54. The number of carbonyl (C=O) groups excluding carboxylic acids is 3. The van der Waals surface area contributed by atoms with Crippen molar-refractivity contribution < 1.29 is 19.1 Å². The lowest BCUT2D eigenvalue weighted by Crippen LogP contribution is -2.36. The van der Waals surface area contributed by atoms with Gasteiger partial charge >= 0.3 is 6.09 Å². The lowest BCUT2D eigenvalue weighted by Gasteiger charge is -2.15. The molecule has 1 aliphatic heterocycles. The average Bonchev–Trinajstić information content (AvgIpc) is 3.15. The third-order valence-corrected chi connectivity index (χ3v) is 5.84. The first-order chi connectivity index (χ1) is 15.4. The molecule has 0 radical (unpaired) electrons. The number of rotatable bonds is 9. The number of ether oxygens (including phenoxy) is 1. The van der Waals surface area contributed by atoms with Gasteiger partial charge in [-0.25, -0.2) is 4.79 Å². The fraction of sp³-hybridized carbons (Fsp3) is 0.364. The molecule has 2 N–H and O–H groups in total. The topological polar surface area (TPSA) is 87.7 Å². The van der Waals surface area contributed by atoms with Crippen LogP contribution in [-0.4, -0.2) is 47.8 Å². The molecule has 10 heteroatoms. The normalized spacial score (nSPS) is 18.1. The van der Waals surface area contributed by atoms with E-state index in [0.717, 1.165) is 12.8 Å². The summed E-state index contributed by atoms with van der Waals surface area (Å²) < 4.78 is 5.37. The van der Waals surface area contributed by atoms with Crippen molar-refractivity contribution >= 4 is 69.6 Å². The second-order valence-corrected chi connectivity index (χ2v) is 8.65. The van der Waals surface area contributed by atoms with Crippen LogP contribution < -0.4 is 15.5 Å². The van der Waals surface area contributed by atoms with Crippen molar-refractivity contribution in [2.45, 2.75) is 31.8 Å². The van der Waals surface area contributed by atoms with Crippen molar-refractivity contribution in [3.05, 3.63) is 47.0 Å². The molecule has 32 heavy (non-hydrogen) atoms. The van der Waals surface area contributed by atoms with Crippen LogP contribution in [-0.2, 0) is 14.3 Å². The van der Waals surface area contributed by atoms with Gasteiger partial charge in [0, 0.05) is 40.0 Å². The lowest BCUT2D eigenvalue weighted by molar-refractivity contribution is -0.117. The standard InChI is InChI=1S/C22H23Cl2N3O4S/c23-10-2-1-3-20(28)26-15-5-7-16(8-6-15)27-13-17(31-22(27)30)12-25-21(29)18-11-14(24)4-9-19(18)32/h4-8,11,17H,1-3,9-10,12-13H2,(H,25,29)(H,26,28)/t17-/m0/s1. The average molecular weight is 496 g/mol. The summed E-state index contributed by atoms with van der Waals surface area (Å²) >= 11 is 16.8. The Labute approximate surface area is 201 Å². The Hall–Kier alpha value is -2.42. The number of allylic oxidation sites excluding steroid dienone is 3. The SMILES string of the molecule is O=C(CCCCCl)Nc1ccc(N2C[C@H](CNC(=O)C3=CC(Cl)=CCC3=S)OC2=O)cc1. The van der Waals surface area contributed by atoms with Gasteiger partial charge in [0.1, 0.15) is 6.10 Å². The predicted molar refractivity (Wildman–Crippen MR) is 130 cm³/mol. The van der Waals surface area contributed by atoms with E-state index in [9.17, 15) is 14.4 Å². The summed E-state index contributed by atoms with van der Waals surface area (Å²) in [5, 5.41) is 6.03. The maximum absolute atomic E-state index is 12.4. The largest absolute Gasteiger partial charge is 0.442 e. The maximum atomic E-state index is 12.4. The van der Waals surface area contributed by atoms with Crippen LogP contribution in [0, 0.1) is 0 Å². The number of cyclic esters (lactones) is 1. The Kier molecular flexibility index (Phi) is 8.67. The molecule has 0 spiro atoms. The summed E-state index contributed by atoms with van der Waals surface area (Å²) in [5.74, 6) is 0.112. The van der Waals surface area contributed by atoms with Gasteiger partial charge in [0.15, 0.2) is 0 Å². The molecule has 1 aromatic rings. The molecule has 1 fully saturated rings. The number of carbonyl (C=O) groups is 3. The first-order valence-corrected chi connectivity index (χ1v) is 11.5. The predicted octanol–water partition coefficient (Wildman–Crippen LogP) is 4.30. The molecule has 0 unspecified atom stereocenters. The number of unbranched alkanes of at least 4 members (excludes halogenated alkanes) is 1. The molecule has 0 saturated carbocycles. The molecule has 2 aliphatic rings. The van der Waals surface area contributed by atoms with Crippen molar-refractivity contribution in [1.82, 2.24) is 5.32 Å². The fourth-order valence-electron chi connectivity index (χ4n) is 3.24. The van der Waals surface area contributed by atoms with Crippen LogP contribution in [0.4, 0.5) is 16.2 Å². The minimum absolute atomic E-state index is 0.0800. The summed E-state index contributed by atoms with van der Waals surface area (Å²) in [6.45, 7) is 0.437. The number of nitrogens with one attached hydrogen (secondary N) is 2. The van der Waals surface area contributed by atoms with Crippen LogP contribution in [0.1, 0.15) is 25.7 Å². The van der Waals surface area contributed by atoms with Crippen molar-refractivity contribution in [1.29, 1.82) is 0 Å². The van der Waals surface area contributed by atoms with Crippen molar-refractivity contribution in [3.63, 3.8) is 0 Å². The molecule has 1 aliphatic carbocycles. The van der Waals surface area contributed by atoms with Gasteiger partial charge in [-0.15, -0.1) is 11.6 Å². The second-order valence-electron chi connectivity index (χ2n) is 7.34. The smallest absolute Gasteiger partial charge is 0.414 e. The van der Waals surface area contributed by atoms with Crippen LogP contribution in [0.15, 0.2) is 47.0 Å². The van der Waals surface area contributed by atoms with E-state index in [1.807, 2.05) is 0 Å². The zero-order chi connectivity index (χ0) is 23.1. The van der Waals surface area contributed by atoms with Gasteiger partial charge in [0.2, 0.25) is 5.91 Å². The number of hydrogen-bond acceptors (Lipinski definition) is 5. The molecule has 3 rings (SSSR count). The number of benzene rings is 1. The zero-order valence-corrected chi connectivity index (χ0v) is 19.6. The van der Waals surface area contributed by atoms with E-state index in [1.165, 1.54) is 11.0 Å². The Morgan fingerprint density at radius 2 is 1.97 bits per heavy atom. The summed E-state index contributed by atoms with van der Waals surface area (Å²) in [5.41, 5.74) is 1.64. The molecule has 1 saturated heterocycles. The van der Waals surface area contributed by atoms with Gasteiger partial charge in [0.05, 0.1) is 18.7 Å². The Balaban J connectivity index is 1.51. The Morgan fingerprint density at radius 3 is 2.69 bits per heavy atom. The first-order valence-electron chi connectivity index (χ1n) is 10.2. The van der Waals surface area contributed by atoms with Crippen LogP contribution >= 0.6 is 35.4 Å². The second kappa shape index (κ2) is 11.4. The monoisotopic (exact) mass is 495 g/mol. The number of nitrogens with zero attached hydrogens (tertiary/aromatic N) is 1. The van der Waals surface area contributed by atoms with Crippen LogP contribution in [0.25, 0.3) is 0 Å². The van der Waals surface area contributed by atoms with Gasteiger partial charge in [-0.3, -0.25) is 14.5 Å². The molecule has 3 amide bonds. The van der Waals surface area contributed by atoms with E-state index in [-0.39, 0.29) is 24.9 Å². The van der Waals surface area contributed by atoms with Crippen LogP contribution in [0.5, 0.6) is 0 Å². The van der Waals surface area contributed by atoms with Gasteiger partial charge in [-0.2, -0.15) is 0 Å². The van der Waals surface area contributed by atoms with E-state index in [2.05, 4.69) is 10.6 Å². The molecular weight excluding hydrogens is 473 g/mol. The molecule has 1 heterocycles. The summed E-state index contributed by atoms with van der Waals surface area (Å²) in [6.07, 6.45) is 4.66.